The van der Waals surface area contributed by atoms with Crippen LogP contribution in [0.3, 0.4) is 0 Å². The molecule has 2 heterocycles. The summed E-state index contributed by atoms with van der Waals surface area (Å²) in [6.07, 6.45) is 6.38. The number of aromatic amines is 1. The fourth-order valence-electron chi connectivity index (χ4n) is 2.24. The van der Waals surface area contributed by atoms with Crippen molar-refractivity contribution >= 4 is 0 Å². The lowest BCUT2D eigenvalue weighted by Crippen LogP contribution is -2.07. The van der Waals surface area contributed by atoms with E-state index in [-0.39, 0.29) is 5.56 Å². The van der Waals surface area contributed by atoms with Gasteiger partial charge in [-0.3, -0.25) is 4.98 Å². The summed E-state index contributed by atoms with van der Waals surface area (Å²) in [6.45, 7) is 0. The molecule has 0 fully saturated rings. The Morgan fingerprint density at radius 3 is 2.60 bits per heavy atom. The molecule has 0 amide bonds. The van der Waals surface area contributed by atoms with Crippen LogP contribution in [-0.4, -0.2) is 15.0 Å². The summed E-state index contributed by atoms with van der Waals surface area (Å²) < 4.78 is 27.6. The summed E-state index contributed by atoms with van der Waals surface area (Å²) >= 11 is 0. The standard InChI is InChI=1S/C15H11F2N3/c16-12-5-1-4-11(15(12)17)14(13-8-19-9-20-13)10-3-2-6-18-7-10/h1-9,14H,(H,19,20). The van der Waals surface area contributed by atoms with Gasteiger partial charge in [-0.25, -0.2) is 13.8 Å². The van der Waals surface area contributed by atoms with Crippen LogP contribution in [0.2, 0.25) is 0 Å². The van der Waals surface area contributed by atoms with Gasteiger partial charge in [0.2, 0.25) is 0 Å². The number of halogens is 2. The first kappa shape index (κ1) is 12.5. The monoisotopic (exact) mass is 271 g/mol. The number of hydrogen-bond donors (Lipinski definition) is 1. The first-order valence-corrected chi connectivity index (χ1v) is 6.09. The Morgan fingerprint density at radius 2 is 1.90 bits per heavy atom. The van der Waals surface area contributed by atoms with Gasteiger partial charge < -0.3 is 4.98 Å². The van der Waals surface area contributed by atoms with Crippen molar-refractivity contribution in [1.82, 2.24) is 15.0 Å². The maximum Gasteiger partial charge on any atom is 0.163 e. The van der Waals surface area contributed by atoms with Gasteiger partial charge in [0.1, 0.15) is 0 Å². The molecule has 0 aliphatic rings. The molecule has 3 nitrogen and oxygen atoms in total. The summed E-state index contributed by atoms with van der Waals surface area (Å²) in [5.41, 5.74) is 1.70. The van der Waals surface area contributed by atoms with Gasteiger partial charge in [0, 0.05) is 29.8 Å². The molecule has 0 aliphatic carbocycles. The predicted octanol–water partition coefficient (Wildman–Crippen LogP) is 3.26. The molecule has 0 bridgehead atoms. The van der Waals surface area contributed by atoms with Gasteiger partial charge in [-0.1, -0.05) is 18.2 Å². The highest BCUT2D eigenvalue weighted by atomic mass is 19.2. The SMILES string of the molecule is Fc1cccc(C(c2cccnc2)c2cnc[nH]2)c1F. The number of hydrogen-bond acceptors (Lipinski definition) is 2. The van der Waals surface area contributed by atoms with Gasteiger partial charge in [-0.2, -0.15) is 0 Å². The van der Waals surface area contributed by atoms with Crippen LogP contribution < -0.4 is 0 Å². The van der Waals surface area contributed by atoms with Crippen molar-refractivity contribution in [2.75, 3.05) is 0 Å². The highest BCUT2D eigenvalue weighted by molar-refractivity contribution is 5.39. The predicted molar refractivity (Wildman–Crippen MR) is 70.1 cm³/mol. The van der Waals surface area contributed by atoms with Gasteiger partial charge in [-0.15, -0.1) is 0 Å². The van der Waals surface area contributed by atoms with E-state index >= 15 is 0 Å². The fourth-order valence-corrected chi connectivity index (χ4v) is 2.24. The number of nitrogens with one attached hydrogen (secondary N) is 1. The second-order valence-corrected chi connectivity index (χ2v) is 4.37. The Kier molecular flexibility index (Phi) is 3.25. The quantitative estimate of drug-likeness (QED) is 0.794. The number of aromatic nitrogens is 3. The third-order valence-electron chi connectivity index (χ3n) is 3.14. The zero-order valence-electron chi connectivity index (χ0n) is 10.4. The molecule has 3 rings (SSSR count). The smallest absolute Gasteiger partial charge is 0.163 e. The van der Waals surface area contributed by atoms with E-state index in [1.54, 1.807) is 30.7 Å². The molecule has 1 atom stereocenters. The topological polar surface area (TPSA) is 41.6 Å². The highest BCUT2D eigenvalue weighted by Gasteiger charge is 2.23. The zero-order valence-corrected chi connectivity index (χ0v) is 10.4. The molecule has 1 aromatic carbocycles. The van der Waals surface area contributed by atoms with Crippen LogP contribution in [0, 0.1) is 11.6 Å². The van der Waals surface area contributed by atoms with E-state index in [0.29, 0.717) is 5.69 Å². The third-order valence-corrected chi connectivity index (χ3v) is 3.14. The molecule has 1 unspecified atom stereocenters. The highest BCUT2D eigenvalue weighted by Crippen LogP contribution is 2.32. The normalized spacial score (nSPS) is 12.3. The maximum absolute atomic E-state index is 14.1. The van der Waals surface area contributed by atoms with Crippen molar-refractivity contribution in [3.05, 3.63) is 83.7 Å². The van der Waals surface area contributed by atoms with Crippen LogP contribution >= 0.6 is 0 Å². The molecule has 100 valence electrons. The van der Waals surface area contributed by atoms with Crippen LogP contribution in [0.5, 0.6) is 0 Å². The van der Waals surface area contributed by atoms with Crippen molar-refractivity contribution < 1.29 is 8.78 Å². The Morgan fingerprint density at radius 1 is 1.00 bits per heavy atom. The Balaban J connectivity index is 2.19. The average Bonchev–Trinajstić information content (AvgIpc) is 2.99. The Labute approximate surface area is 114 Å². The number of H-pyrrole nitrogens is 1. The van der Waals surface area contributed by atoms with Crippen LogP contribution in [0.15, 0.2) is 55.2 Å². The number of nitrogens with zero attached hydrogens (tertiary/aromatic N) is 2. The van der Waals surface area contributed by atoms with Crippen molar-refractivity contribution in [3.8, 4) is 0 Å². The van der Waals surface area contributed by atoms with E-state index in [0.717, 1.165) is 11.6 Å². The molecule has 3 aromatic rings. The molecular formula is C15H11F2N3. The fraction of sp³-hybridized carbons (Fsp3) is 0.0667. The van der Waals surface area contributed by atoms with E-state index in [2.05, 4.69) is 15.0 Å². The minimum atomic E-state index is -0.865. The minimum absolute atomic E-state index is 0.252. The molecule has 0 aliphatic heterocycles. The van der Waals surface area contributed by atoms with Crippen LogP contribution in [-0.2, 0) is 0 Å². The number of rotatable bonds is 3. The number of benzene rings is 1. The largest absolute Gasteiger partial charge is 0.348 e. The Hall–Kier alpha value is -2.56. The van der Waals surface area contributed by atoms with E-state index in [1.165, 1.54) is 12.4 Å². The first-order valence-electron chi connectivity index (χ1n) is 6.09. The van der Waals surface area contributed by atoms with Gasteiger partial charge in [0.25, 0.3) is 0 Å². The van der Waals surface area contributed by atoms with Gasteiger partial charge in [-0.05, 0) is 17.7 Å². The lowest BCUT2D eigenvalue weighted by atomic mass is 9.89. The van der Waals surface area contributed by atoms with Crippen LogP contribution in [0.1, 0.15) is 22.7 Å². The molecule has 0 saturated heterocycles. The molecule has 20 heavy (non-hydrogen) atoms. The molecular weight excluding hydrogens is 260 g/mol. The lowest BCUT2D eigenvalue weighted by Gasteiger charge is -2.17. The minimum Gasteiger partial charge on any atom is -0.348 e. The van der Waals surface area contributed by atoms with Crippen molar-refractivity contribution in [3.63, 3.8) is 0 Å². The summed E-state index contributed by atoms with van der Waals surface area (Å²) in [6, 6.07) is 7.75. The Bertz CT molecular complexity index is 696. The van der Waals surface area contributed by atoms with Crippen molar-refractivity contribution in [1.29, 1.82) is 0 Å². The van der Waals surface area contributed by atoms with Crippen LogP contribution in [0.4, 0.5) is 8.78 Å². The molecule has 5 heteroatoms. The molecule has 0 saturated carbocycles. The average molecular weight is 271 g/mol. The number of pyridine rings is 1. The van der Waals surface area contributed by atoms with Gasteiger partial charge in [0.05, 0.1) is 12.2 Å². The van der Waals surface area contributed by atoms with Crippen molar-refractivity contribution in [2.45, 2.75) is 5.92 Å². The maximum atomic E-state index is 14.1. The van der Waals surface area contributed by atoms with Gasteiger partial charge in [0.15, 0.2) is 11.6 Å². The lowest BCUT2D eigenvalue weighted by molar-refractivity contribution is 0.497. The number of imidazole rings is 1. The van der Waals surface area contributed by atoms with E-state index < -0.39 is 17.6 Å². The molecule has 1 N–H and O–H groups in total. The van der Waals surface area contributed by atoms with Crippen LogP contribution in [0.25, 0.3) is 0 Å². The van der Waals surface area contributed by atoms with E-state index in [4.69, 9.17) is 0 Å². The van der Waals surface area contributed by atoms with E-state index in [9.17, 15) is 8.78 Å². The first-order chi connectivity index (χ1) is 9.77. The summed E-state index contributed by atoms with van der Waals surface area (Å²) in [7, 11) is 0. The summed E-state index contributed by atoms with van der Waals surface area (Å²) in [5, 5.41) is 0. The second kappa shape index (κ2) is 5.21. The zero-order chi connectivity index (χ0) is 13.9. The van der Waals surface area contributed by atoms with Gasteiger partial charge >= 0.3 is 0 Å². The van der Waals surface area contributed by atoms with E-state index in [1.807, 2.05) is 6.07 Å². The molecule has 0 radical (unpaired) electrons. The molecule has 2 aromatic heterocycles. The second-order valence-electron chi connectivity index (χ2n) is 4.37. The van der Waals surface area contributed by atoms with Crippen molar-refractivity contribution in [2.24, 2.45) is 0 Å². The summed E-state index contributed by atoms with van der Waals surface area (Å²) in [5.74, 6) is -2.19. The third kappa shape index (κ3) is 2.18. The summed E-state index contributed by atoms with van der Waals surface area (Å²) in [4.78, 5) is 10.9. The molecule has 0 spiro atoms.